The number of thiophene rings is 1. The summed E-state index contributed by atoms with van der Waals surface area (Å²) in [5.74, 6) is 0.641. The van der Waals surface area contributed by atoms with Gasteiger partial charge in [0.15, 0.2) is 5.82 Å². The van der Waals surface area contributed by atoms with Gasteiger partial charge in [-0.25, -0.2) is 9.97 Å². The van der Waals surface area contributed by atoms with Crippen LogP contribution in [0.25, 0.3) is 86.8 Å². The lowest BCUT2D eigenvalue weighted by Crippen LogP contribution is -1.94. The SMILES string of the molecule is c1ccc2c(c1)oc1c(-c3nc(-c4cccc5c4oc4ccccc45)c4c(n3)sc3ccccc34)cccc12. The van der Waals surface area contributed by atoms with E-state index in [1.165, 1.54) is 4.70 Å². The third-order valence-corrected chi connectivity index (χ3v) is 8.61. The highest BCUT2D eigenvalue weighted by molar-refractivity contribution is 7.25. The number of benzene rings is 5. The second kappa shape index (κ2) is 7.76. The summed E-state index contributed by atoms with van der Waals surface area (Å²) in [6.45, 7) is 0. The van der Waals surface area contributed by atoms with Crippen LogP contribution in [-0.4, -0.2) is 9.97 Å². The fraction of sp³-hybridized carbons (Fsp3) is 0. The fourth-order valence-electron chi connectivity index (χ4n) is 5.80. The Morgan fingerprint density at radius 2 is 1.05 bits per heavy atom. The lowest BCUT2D eigenvalue weighted by atomic mass is 10.0. The van der Waals surface area contributed by atoms with Crippen LogP contribution in [0.1, 0.15) is 0 Å². The predicted octanol–water partition coefficient (Wildman–Crippen LogP) is 9.98. The number of fused-ring (bicyclic) bond motifs is 9. The van der Waals surface area contributed by atoms with Gasteiger partial charge in [0.05, 0.1) is 11.3 Å². The molecule has 0 atom stereocenters. The van der Waals surface area contributed by atoms with Gasteiger partial charge in [-0.05, 0) is 30.3 Å². The molecule has 9 aromatic rings. The first-order chi connectivity index (χ1) is 19.3. The van der Waals surface area contributed by atoms with E-state index in [1.54, 1.807) is 11.3 Å². The zero-order valence-corrected chi connectivity index (χ0v) is 21.3. The van der Waals surface area contributed by atoms with E-state index in [0.717, 1.165) is 76.3 Å². The molecule has 0 fully saturated rings. The van der Waals surface area contributed by atoms with Crippen LogP contribution < -0.4 is 0 Å². The van der Waals surface area contributed by atoms with E-state index >= 15 is 0 Å². The second-order valence-corrected chi connectivity index (χ2v) is 10.8. The Balaban J connectivity index is 1.42. The van der Waals surface area contributed by atoms with E-state index in [0.29, 0.717) is 5.82 Å². The molecule has 0 saturated carbocycles. The van der Waals surface area contributed by atoms with E-state index in [-0.39, 0.29) is 0 Å². The van der Waals surface area contributed by atoms with E-state index in [2.05, 4.69) is 66.7 Å². The van der Waals surface area contributed by atoms with E-state index < -0.39 is 0 Å². The Morgan fingerprint density at radius 1 is 0.487 bits per heavy atom. The van der Waals surface area contributed by atoms with Gasteiger partial charge in [0.25, 0.3) is 0 Å². The van der Waals surface area contributed by atoms with Gasteiger partial charge in [-0.15, -0.1) is 11.3 Å². The molecule has 39 heavy (non-hydrogen) atoms. The molecule has 0 bridgehead atoms. The van der Waals surface area contributed by atoms with Crippen molar-refractivity contribution in [2.75, 3.05) is 0 Å². The predicted molar refractivity (Wildman–Crippen MR) is 160 cm³/mol. The van der Waals surface area contributed by atoms with Crippen LogP contribution in [-0.2, 0) is 0 Å². The zero-order chi connectivity index (χ0) is 25.5. The van der Waals surface area contributed by atoms with Crippen molar-refractivity contribution in [3.8, 4) is 22.6 Å². The molecule has 0 unspecified atom stereocenters. The number of aromatic nitrogens is 2. The van der Waals surface area contributed by atoms with Gasteiger partial charge in [0.2, 0.25) is 0 Å². The van der Waals surface area contributed by atoms with Crippen molar-refractivity contribution >= 4 is 75.5 Å². The van der Waals surface area contributed by atoms with Gasteiger partial charge in [0.1, 0.15) is 27.2 Å². The van der Waals surface area contributed by atoms with E-state index in [9.17, 15) is 0 Å². The van der Waals surface area contributed by atoms with Crippen molar-refractivity contribution in [1.29, 1.82) is 0 Å². The summed E-state index contributed by atoms with van der Waals surface area (Å²) in [7, 11) is 0. The molecule has 9 rings (SSSR count). The van der Waals surface area contributed by atoms with Crippen LogP contribution in [0.15, 0.2) is 118 Å². The largest absolute Gasteiger partial charge is 0.455 e. The molecule has 5 aromatic carbocycles. The van der Waals surface area contributed by atoms with Crippen molar-refractivity contribution in [3.63, 3.8) is 0 Å². The first-order valence-corrected chi connectivity index (χ1v) is 13.7. The Bertz CT molecular complexity index is 2410. The summed E-state index contributed by atoms with van der Waals surface area (Å²) in [5.41, 5.74) is 6.06. The topological polar surface area (TPSA) is 52.1 Å². The van der Waals surface area contributed by atoms with E-state index in [4.69, 9.17) is 18.8 Å². The van der Waals surface area contributed by atoms with Gasteiger partial charge in [-0.1, -0.05) is 78.9 Å². The molecule has 0 spiro atoms. The lowest BCUT2D eigenvalue weighted by molar-refractivity contribution is 0.669. The standard InChI is InChI=1S/C34H18N2O2S/c1-4-16-26-19(9-1)21-12-7-14-24(31(21)37-26)30-29-23-11-3-6-18-28(23)39-34(29)36-33(35-30)25-15-8-13-22-20-10-2-5-17-27(20)38-32(22)25/h1-18H. The molecule has 0 radical (unpaired) electrons. The summed E-state index contributed by atoms with van der Waals surface area (Å²) in [6.07, 6.45) is 0. The highest BCUT2D eigenvalue weighted by Crippen LogP contribution is 2.44. The van der Waals surface area contributed by atoms with Gasteiger partial charge < -0.3 is 8.83 Å². The zero-order valence-electron chi connectivity index (χ0n) is 20.5. The smallest absolute Gasteiger partial charge is 0.165 e. The molecule has 4 nitrogen and oxygen atoms in total. The Morgan fingerprint density at radius 3 is 1.77 bits per heavy atom. The molecular weight excluding hydrogens is 500 g/mol. The van der Waals surface area contributed by atoms with Crippen LogP contribution in [0.4, 0.5) is 0 Å². The van der Waals surface area contributed by atoms with E-state index in [1.807, 2.05) is 42.5 Å². The summed E-state index contributed by atoms with van der Waals surface area (Å²) in [5, 5.41) is 6.52. The molecular formula is C34H18N2O2S. The van der Waals surface area contributed by atoms with Crippen LogP contribution in [0.3, 0.4) is 0 Å². The van der Waals surface area contributed by atoms with Gasteiger partial charge in [0, 0.05) is 42.6 Å². The maximum Gasteiger partial charge on any atom is 0.165 e. The van der Waals surface area contributed by atoms with Crippen LogP contribution in [0.2, 0.25) is 0 Å². The van der Waals surface area contributed by atoms with Crippen molar-refractivity contribution in [2.45, 2.75) is 0 Å². The van der Waals surface area contributed by atoms with Gasteiger partial charge >= 0.3 is 0 Å². The average Bonchev–Trinajstić information content (AvgIpc) is 3.67. The molecule has 0 aliphatic rings. The number of hydrogen-bond acceptors (Lipinski definition) is 5. The monoisotopic (exact) mass is 518 g/mol. The van der Waals surface area contributed by atoms with Crippen molar-refractivity contribution in [2.24, 2.45) is 0 Å². The highest BCUT2D eigenvalue weighted by Gasteiger charge is 2.22. The molecule has 0 aliphatic carbocycles. The minimum Gasteiger partial charge on any atom is -0.455 e. The number of rotatable bonds is 2. The molecule has 0 aliphatic heterocycles. The van der Waals surface area contributed by atoms with Crippen LogP contribution in [0, 0.1) is 0 Å². The molecule has 4 aromatic heterocycles. The first-order valence-electron chi connectivity index (χ1n) is 12.8. The quantitative estimate of drug-likeness (QED) is 0.228. The second-order valence-electron chi connectivity index (χ2n) is 9.74. The average molecular weight is 519 g/mol. The fourth-order valence-corrected chi connectivity index (χ4v) is 6.87. The maximum absolute atomic E-state index is 6.46. The van der Waals surface area contributed by atoms with Crippen LogP contribution in [0.5, 0.6) is 0 Å². The molecule has 4 heterocycles. The summed E-state index contributed by atoms with van der Waals surface area (Å²) >= 11 is 1.69. The lowest BCUT2D eigenvalue weighted by Gasteiger charge is -2.08. The molecule has 0 saturated heterocycles. The maximum atomic E-state index is 6.46. The molecule has 182 valence electrons. The summed E-state index contributed by atoms with van der Waals surface area (Å²) in [6, 6.07) is 37.2. The van der Waals surface area contributed by atoms with Crippen molar-refractivity contribution < 1.29 is 8.83 Å². The Hall–Kier alpha value is -5.00. The number of para-hydroxylation sites is 4. The molecule has 5 heteroatoms. The minimum absolute atomic E-state index is 0.641. The Labute approximate surface area is 225 Å². The van der Waals surface area contributed by atoms with Gasteiger partial charge in [-0.2, -0.15) is 0 Å². The van der Waals surface area contributed by atoms with Crippen molar-refractivity contribution in [3.05, 3.63) is 109 Å². The summed E-state index contributed by atoms with van der Waals surface area (Å²) < 4.78 is 14.0. The first kappa shape index (κ1) is 21.0. The molecule has 0 N–H and O–H groups in total. The summed E-state index contributed by atoms with van der Waals surface area (Å²) in [4.78, 5) is 11.4. The normalized spacial score (nSPS) is 12.1. The van der Waals surface area contributed by atoms with Crippen molar-refractivity contribution in [1.82, 2.24) is 9.97 Å². The number of hydrogen-bond donors (Lipinski definition) is 0. The number of furan rings is 2. The Kier molecular flexibility index (Phi) is 4.18. The van der Waals surface area contributed by atoms with Gasteiger partial charge in [-0.3, -0.25) is 0 Å². The molecule has 0 amide bonds. The minimum atomic E-state index is 0.641. The number of nitrogens with zero attached hydrogens (tertiary/aromatic N) is 2. The van der Waals surface area contributed by atoms with Crippen LogP contribution >= 0.6 is 11.3 Å². The third kappa shape index (κ3) is 2.93. The third-order valence-electron chi connectivity index (χ3n) is 7.54. The highest BCUT2D eigenvalue weighted by atomic mass is 32.1.